The lowest BCUT2D eigenvalue weighted by atomic mass is 10.1. The molecule has 2 aromatic carbocycles. The molecule has 4 saturated heterocycles. The van der Waals surface area contributed by atoms with E-state index in [4.69, 9.17) is 85.3 Å². The van der Waals surface area contributed by atoms with Crippen LogP contribution in [0.15, 0.2) is 85.2 Å². The van der Waals surface area contributed by atoms with Crippen LogP contribution in [-0.2, 0) is 72.2 Å². The lowest BCUT2D eigenvalue weighted by Crippen LogP contribution is -2.42. The Labute approximate surface area is 587 Å². The summed E-state index contributed by atoms with van der Waals surface area (Å²) in [6, 6.07) is 22.2. The van der Waals surface area contributed by atoms with E-state index in [0.29, 0.717) is 152 Å². The number of ether oxygens (including phenoxy) is 4. The van der Waals surface area contributed by atoms with Gasteiger partial charge in [-0.2, -0.15) is 0 Å². The predicted octanol–water partition coefficient (Wildman–Crippen LogP) is 9.25. The van der Waals surface area contributed by atoms with E-state index in [1.54, 1.807) is 63.0 Å². The summed E-state index contributed by atoms with van der Waals surface area (Å²) >= 11 is 27.8. The molecule has 0 spiro atoms. The normalized spacial score (nSPS) is 18.9. The molecule has 4 fully saturated rings. The van der Waals surface area contributed by atoms with Gasteiger partial charge in [-0.3, -0.25) is 38.9 Å². The fraction of sp³-hybridized carbons (Fsp3) is 0.400. The highest BCUT2D eigenvalue weighted by atomic mass is 35.5. The van der Waals surface area contributed by atoms with Crippen molar-refractivity contribution in [2.75, 3.05) is 77.3 Å². The quantitative estimate of drug-likeness (QED) is 0.0369. The van der Waals surface area contributed by atoms with Gasteiger partial charge in [-0.25, -0.2) is 19.9 Å². The minimum absolute atomic E-state index is 0.0895. The molecule has 14 rings (SSSR count). The van der Waals surface area contributed by atoms with E-state index in [1.807, 2.05) is 59.6 Å². The summed E-state index contributed by atoms with van der Waals surface area (Å²) in [6.07, 6.45) is 10.5. The molecule has 24 nitrogen and oxygen atoms in total. The Morgan fingerprint density at radius 3 is 1.36 bits per heavy atom. The number of nitrogens with one attached hydrogen (secondary N) is 6. The number of halogens is 4. The number of methoxy groups -OCH3 is 2. The molecule has 0 aliphatic carbocycles. The summed E-state index contributed by atoms with van der Waals surface area (Å²) in [4.78, 5) is 82.8. The fourth-order valence-corrected chi connectivity index (χ4v) is 14.4. The summed E-state index contributed by atoms with van der Waals surface area (Å²) in [7, 11) is 6.91. The number of nitrogens with zero attached hydrogens (tertiary/aromatic N) is 10. The van der Waals surface area contributed by atoms with E-state index in [0.717, 1.165) is 112 Å². The van der Waals surface area contributed by atoms with Crippen LogP contribution in [0.25, 0.3) is 45.0 Å². The molecule has 0 unspecified atom stereocenters. The van der Waals surface area contributed by atoms with Crippen molar-refractivity contribution in [2.45, 2.75) is 102 Å². The second-order valence-electron chi connectivity index (χ2n) is 25.2. The number of fused-ring (bicyclic) bond motifs is 2. The van der Waals surface area contributed by atoms with Gasteiger partial charge in [-0.05, 0) is 62.1 Å². The maximum atomic E-state index is 13.5. The summed E-state index contributed by atoms with van der Waals surface area (Å²) < 4.78 is 26.2. The summed E-state index contributed by atoms with van der Waals surface area (Å²) in [5.41, 5.74) is 11.1. The minimum atomic E-state index is -0.350. The molecule has 6 aliphatic rings. The third-order valence-corrected chi connectivity index (χ3v) is 20.3. The molecule has 6 aromatic heterocycles. The van der Waals surface area contributed by atoms with Crippen molar-refractivity contribution in [1.29, 1.82) is 0 Å². The molecule has 6 N–H and O–H groups in total. The van der Waals surface area contributed by atoms with Crippen LogP contribution in [-0.4, -0.2) is 163 Å². The number of carbonyl (C=O) groups excluding carboxylic acids is 4. The number of aromatic nitrogens is 8. The monoisotopic (exact) mass is 1410 g/mol. The highest BCUT2D eigenvalue weighted by molar-refractivity contribution is 6.40. The molecule has 0 radical (unpaired) electrons. The Balaban J connectivity index is 0.000000176. The minimum Gasteiger partial charge on any atom is -0.481 e. The van der Waals surface area contributed by atoms with E-state index in [9.17, 15) is 19.2 Å². The zero-order valence-electron chi connectivity index (χ0n) is 54.8. The van der Waals surface area contributed by atoms with Crippen molar-refractivity contribution in [3.63, 3.8) is 0 Å². The topological polar surface area (TPSA) is 271 Å². The molecular formula is C70H76Cl4N16O8. The van der Waals surface area contributed by atoms with Gasteiger partial charge >= 0.3 is 0 Å². The van der Waals surface area contributed by atoms with Gasteiger partial charge in [-0.1, -0.05) is 82.8 Å². The number of imidazole rings is 2. The molecule has 0 bridgehead atoms. The van der Waals surface area contributed by atoms with Gasteiger partial charge in [0.1, 0.15) is 0 Å². The zero-order chi connectivity index (χ0) is 68.1. The maximum Gasteiger partial charge on any atom is 0.291 e. The standard InChI is InChI=1S/2C35H38Cl2N8O4/c2*1-44-28-11-14-45(18-22-12-15-49-22)19-27(28)41-33(44)34(47)42-26-5-3-4-24(30(26)36)32-31(37)23(10-13-39-32)25-8-6-20(35(43-25)48-2)16-38-17-21-7-9-29(46)40-21/h2*3-6,8,10,13,21-22,38H,7,9,11-12,14-19H2,1-2H3,(H,40,46)(H,42,47)/t2*21-,22+/m00/s1. The molecular weight excluding hydrogens is 1330 g/mol. The molecule has 98 heavy (non-hydrogen) atoms. The Morgan fingerprint density at radius 1 is 0.551 bits per heavy atom. The third kappa shape index (κ3) is 15.1. The van der Waals surface area contributed by atoms with Crippen molar-refractivity contribution >= 4 is 81.4 Å². The van der Waals surface area contributed by atoms with Crippen LogP contribution in [0.1, 0.15) is 93.7 Å². The van der Waals surface area contributed by atoms with Gasteiger partial charge in [0.25, 0.3) is 11.8 Å². The first-order valence-electron chi connectivity index (χ1n) is 32.9. The zero-order valence-corrected chi connectivity index (χ0v) is 57.8. The average Bonchev–Trinajstić information content (AvgIpc) is 1.28. The van der Waals surface area contributed by atoms with Gasteiger partial charge in [0.15, 0.2) is 11.6 Å². The smallest absolute Gasteiger partial charge is 0.291 e. The van der Waals surface area contributed by atoms with E-state index < -0.39 is 0 Å². The lowest BCUT2D eigenvalue weighted by Gasteiger charge is -2.34. The predicted molar refractivity (Wildman–Crippen MR) is 374 cm³/mol. The van der Waals surface area contributed by atoms with Gasteiger partial charge in [0.2, 0.25) is 23.6 Å². The van der Waals surface area contributed by atoms with Crippen LogP contribution >= 0.6 is 46.4 Å². The van der Waals surface area contributed by atoms with Crippen molar-refractivity contribution < 1.29 is 38.1 Å². The van der Waals surface area contributed by atoms with E-state index in [1.165, 1.54) is 0 Å². The first kappa shape index (κ1) is 68.4. The molecule has 8 aromatic rings. The van der Waals surface area contributed by atoms with Gasteiger partial charge < -0.3 is 60.0 Å². The molecule has 4 amide bonds. The van der Waals surface area contributed by atoms with Crippen molar-refractivity contribution in [3.8, 4) is 56.8 Å². The summed E-state index contributed by atoms with van der Waals surface area (Å²) in [5.74, 6) is 1.07. The maximum absolute atomic E-state index is 13.5. The van der Waals surface area contributed by atoms with Crippen LogP contribution in [0.2, 0.25) is 20.1 Å². The number of rotatable bonds is 22. The second-order valence-corrected chi connectivity index (χ2v) is 26.7. The Bertz CT molecular complexity index is 4060. The van der Waals surface area contributed by atoms with Crippen LogP contribution in [0.3, 0.4) is 0 Å². The van der Waals surface area contributed by atoms with Gasteiger partial charge in [0.05, 0.1) is 92.1 Å². The highest BCUT2D eigenvalue weighted by Crippen LogP contribution is 2.43. The Morgan fingerprint density at radius 2 is 0.980 bits per heavy atom. The molecule has 4 atom stereocenters. The van der Waals surface area contributed by atoms with Gasteiger partial charge in [0, 0.05) is 188 Å². The SMILES string of the molecule is COc1nc(-c2ccnc(-c3cccc(NC(=O)c4nc5c(n4C)CCN(C[C@H]4CCO4)C5)c3Cl)c2Cl)ccc1CNC[C@@H]1CCC(=O)N1.COc1nc(-c2ccnc(-c3cccc(NC(=O)c4nc5c(n4C)CCN(C[C@H]4CCO4)C5)c3Cl)c2Cl)ccc1CNC[C@@H]1CCC(=O)N1. The van der Waals surface area contributed by atoms with E-state index in [2.05, 4.69) is 51.7 Å². The van der Waals surface area contributed by atoms with Crippen LogP contribution in [0.5, 0.6) is 11.8 Å². The number of pyridine rings is 4. The molecule has 512 valence electrons. The highest BCUT2D eigenvalue weighted by Gasteiger charge is 2.32. The van der Waals surface area contributed by atoms with Crippen LogP contribution in [0, 0.1) is 0 Å². The van der Waals surface area contributed by atoms with Gasteiger partial charge in [-0.15, -0.1) is 0 Å². The molecule has 6 aliphatic heterocycles. The lowest BCUT2D eigenvalue weighted by molar-refractivity contribution is -0.120. The molecule has 28 heteroatoms. The number of anilines is 2. The second kappa shape index (κ2) is 30.5. The summed E-state index contributed by atoms with van der Waals surface area (Å²) in [5, 5.41) is 19.9. The van der Waals surface area contributed by atoms with Crippen molar-refractivity contribution in [1.82, 2.24) is 70.1 Å². The average molecular weight is 1410 g/mol. The third-order valence-electron chi connectivity index (χ3n) is 18.8. The van der Waals surface area contributed by atoms with Crippen LogP contribution in [0.4, 0.5) is 11.4 Å². The number of hydrogen-bond donors (Lipinski definition) is 6. The first-order chi connectivity index (χ1) is 47.6. The van der Waals surface area contributed by atoms with Crippen molar-refractivity contribution in [2.24, 2.45) is 14.1 Å². The number of amides is 4. The Kier molecular flexibility index (Phi) is 21.3. The molecule has 12 heterocycles. The number of hydrogen-bond acceptors (Lipinski definition) is 18. The fourth-order valence-electron chi connectivity index (χ4n) is 13.2. The van der Waals surface area contributed by atoms with Crippen LogP contribution < -0.4 is 41.4 Å². The van der Waals surface area contributed by atoms with E-state index in [-0.39, 0.29) is 47.9 Å². The largest absolute Gasteiger partial charge is 0.481 e. The first-order valence-corrected chi connectivity index (χ1v) is 34.4. The number of benzene rings is 2. The Hall–Kier alpha value is -8.14. The summed E-state index contributed by atoms with van der Waals surface area (Å²) in [6.45, 7) is 9.00. The number of carbonyl (C=O) groups is 4. The van der Waals surface area contributed by atoms with E-state index >= 15 is 0 Å². The van der Waals surface area contributed by atoms with Crippen molar-refractivity contribution in [3.05, 3.63) is 151 Å². The molecule has 0 saturated carbocycles.